The SMILES string of the molecule is CN1CCN(CC2CC(n3cc(-c4cccc(CCS(N)(=O)=O)c4)c4c(N)ncnc43)C2)CC1. The fourth-order valence-electron chi connectivity index (χ4n) is 5.23. The van der Waals surface area contributed by atoms with Gasteiger partial charge < -0.3 is 20.1 Å². The molecular weight excluding hydrogens is 450 g/mol. The zero-order chi connectivity index (χ0) is 23.9. The van der Waals surface area contributed by atoms with E-state index in [-0.39, 0.29) is 5.75 Å². The van der Waals surface area contributed by atoms with Crippen LogP contribution in [0, 0.1) is 5.92 Å². The number of likely N-dealkylation sites (N-methyl/N-ethyl adjacent to an activating group) is 1. The van der Waals surface area contributed by atoms with Crippen LogP contribution in [-0.2, 0) is 16.4 Å². The van der Waals surface area contributed by atoms with E-state index < -0.39 is 10.0 Å². The molecule has 2 fully saturated rings. The van der Waals surface area contributed by atoms with Gasteiger partial charge in [-0.25, -0.2) is 23.5 Å². The highest BCUT2D eigenvalue weighted by molar-refractivity contribution is 7.89. The molecule has 1 aliphatic heterocycles. The van der Waals surface area contributed by atoms with Crippen LogP contribution in [0.25, 0.3) is 22.2 Å². The number of nitrogens with two attached hydrogens (primary N) is 2. The van der Waals surface area contributed by atoms with E-state index in [0.717, 1.165) is 66.7 Å². The molecule has 0 radical (unpaired) electrons. The molecule has 3 heterocycles. The van der Waals surface area contributed by atoms with Gasteiger partial charge in [-0.3, -0.25) is 0 Å². The van der Waals surface area contributed by atoms with Crippen LogP contribution in [0.5, 0.6) is 0 Å². The molecule has 0 unspecified atom stereocenters. The van der Waals surface area contributed by atoms with E-state index in [1.165, 1.54) is 12.9 Å². The van der Waals surface area contributed by atoms with Crippen molar-refractivity contribution in [3.05, 3.63) is 42.4 Å². The highest BCUT2D eigenvalue weighted by Gasteiger charge is 2.34. The van der Waals surface area contributed by atoms with E-state index in [9.17, 15) is 8.42 Å². The van der Waals surface area contributed by atoms with Crippen LogP contribution in [0.4, 0.5) is 5.82 Å². The number of primary sulfonamides is 1. The van der Waals surface area contributed by atoms with Crippen LogP contribution in [0.3, 0.4) is 0 Å². The third kappa shape index (κ3) is 4.95. The zero-order valence-electron chi connectivity index (χ0n) is 19.6. The van der Waals surface area contributed by atoms with Gasteiger partial charge >= 0.3 is 0 Å². The smallest absolute Gasteiger partial charge is 0.209 e. The van der Waals surface area contributed by atoms with Gasteiger partial charge in [0, 0.05) is 50.5 Å². The van der Waals surface area contributed by atoms with Crippen molar-refractivity contribution in [1.82, 2.24) is 24.3 Å². The van der Waals surface area contributed by atoms with Crippen molar-refractivity contribution in [2.24, 2.45) is 11.1 Å². The van der Waals surface area contributed by atoms with Gasteiger partial charge in [-0.05, 0) is 43.4 Å². The lowest BCUT2D eigenvalue weighted by Crippen LogP contribution is -2.47. The summed E-state index contributed by atoms with van der Waals surface area (Å²) in [6.45, 7) is 5.77. The minimum absolute atomic E-state index is 0.0831. The average Bonchev–Trinajstić information content (AvgIpc) is 3.16. The summed E-state index contributed by atoms with van der Waals surface area (Å²) in [4.78, 5) is 13.8. The van der Waals surface area contributed by atoms with Gasteiger partial charge in [0.2, 0.25) is 10.0 Å². The molecule has 0 atom stereocenters. The molecule has 2 aliphatic rings. The summed E-state index contributed by atoms with van der Waals surface area (Å²) in [5.74, 6) is 1.08. The normalized spacial score (nSPS) is 22.2. The minimum atomic E-state index is -3.51. The van der Waals surface area contributed by atoms with Crippen LogP contribution >= 0.6 is 0 Å². The third-order valence-electron chi connectivity index (χ3n) is 7.27. The lowest BCUT2D eigenvalue weighted by atomic mass is 9.79. The molecule has 5 rings (SSSR count). The van der Waals surface area contributed by atoms with Crippen LogP contribution in [0.1, 0.15) is 24.4 Å². The lowest BCUT2D eigenvalue weighted by Gasteiger charge is -2.41. The molecule has 4 N–H and O–H groups in total. The molecule has 0 bridgehead atoms. The number of sulfonamides is 1. The number of aryl methyl sites for hydroxylation is 1. The number of rotatable bonds is 7. The highest BCUT2D eigenvalue weighted by Crippen LogP contribution is 2.43. The van der Waals surface area contributed by atoms with Gasteiger partial charge in [0.15, 0.2) is 0 Å². The Morgan fingerprint density at radius 1 is 1.12 bits per heavy atom. The van der Waals surface area contributed by atoms with E-state index in [2.05, 4.69) is 37.6 Å². The first-order chi connectivity index (χ1) is 16.3. The summed E-state index contributed by atoms with van der Waals surface area (Å²) < 4.78 is 25.1. The maximum atomic E-state index is 11.4. The predicted octanol–water partition coefficient (Wildman–Crippen LogP) is 1.71. The summed E-state index contributed by atoms with van der Waals surface area (Å²) in [6.07, 6.45) is 6.31. The molecule has 10 heteroatoms. The third-order valence-corrected chi connectivity index (χ3v) is 8.04. The van der Waals surface area contributed by atoms with E-state index in [1.807, 2.05) is 24.3 Å². The Kier molecular flexibility index (Phi) is 6.32. The van der Waals surface area contributed by atoms with Gasteiger partial charge in [-0.15, -0.1) is 0 Å². The largest absolute Gasteiger partial charge is 0.383 e. The van der Waals surface area contributed by atoms with Crippen molar-refractivity contribution in [1.29, 1.82) is 0 Å². The van der Waals surface area contributed by atoms with E-state index >= 15 is 0 Å². The van der Waals surface area contributed by atoms with Gasteiger partial charge in [-0.1, -0.05) is 24.3 Å². The molecule has 3 aromatic rings. The maximum Gasteiger partial charge on any atom is 0.209 e. The minimum Gasteiger partial charge on any atom is -0.383 e. The van der Waals surface area contributed by atoms with E-state index in [4.69, 9.17) is 10.9 Å². The van der Waals surface area contributed by atoms with E-state index in [1.54, 1.807) is 0 Å². The molecule has 34 heavy (non-hydrogen) atoms. The van der Waals surface area contributed by atoms with Crippen molar-refractivity contribution >= 4 is 26.9 Å². The topological polar surface area (TPSA) is 123 Å². The Morgan fingerprint density at radius 2 is 1.88 bits per heavy atom. The summed E-state index contributed by atoms with van der Waals surface area (Å²) in [5.41, 5.74) is 10.0. The van der Waals surface area contributed by atoms with Crippen LogP contribution in [-0.4, -0.2) is 78.3 Å². The van der Waals surface area contributed by atoms with E-state index in [0.29, 0.717) is 24.2 Å². The number of aromatic nitrogens is 3. The number of hydrogen-bond donors (Lipinski definition) is 2. The molecule has 1 aromatic carbocycles. The van der Waals surface area contributed by atoms with Crippen LogP contribution in [0.2, 0.25) is 0 Å². The fraction of sp³-hybridized carbons (Fsp3) is 0.500. The summed E-state index contributed by atoms with van der Waals surface area (Å²) in [5, 5.41) is 6.05. The number of hydrogen-bond acceptors (Lipinski definition) is 7. The number of benzene rings is 1. The molecule has 2 aromatic heterocycles. The first-order valence-corrected chi connectivity index (χ1v) is 13.6. The summed E-state index contributed by atoms with van der Waals surface area (Å²) >= 11 is 0. The first kappa shape index (κ1) is 23.2. The van der Waals surface area contributed by atoms with Crippen molar-refractivity contribution in [2.75, 3.05) is 51.3 Å². The fourth-order valence-corrected chi connectivity index (χ4v) is 5.75. The van der Waals surface area contributed by atoms with Crippen molar-refractivity contribution in [3.8, 4) is 11.1 Å². The van der Waals surface area contributed by atoms with Crippen LogP contribution in [0.15, 0.2) is 36.8 Å². The Morgan fingerprint density at radius 3 is 2.62 bits per heavy atom. The summed E-state index contributed by atoms with van der Waals surface area (Å²) in [6, 6.07) is 8.28. The number of nitrogens with zero attached hydrogens (tertiary/aromatic N) is 5. The Bertz CT molecular complexity index is 1280. The van der Waals surface area contributed by atoms with Gasteiger partial charge in [0.25, 0.3) is 0 Å². The number of fused-ring (bicyclic) bond motifs is 1. The molecule has 0 spiro atoms. The van der Waals surface area contributed by atoms with Gasteiger partial charge in [0.05, 0.1) is 11.1 Å². The standard InChI is InChI=1S/C24H33N7O2S/c1-29-6-8-30(9-7-29)14-18-12-20(13-18)31-15-21(22-23(25)27-16-28-24(22)31)19-4-2-3-17(11-19)5-10-34(26,32)33/h2-4,11,15-16,18,20H,5-10,12-14H2,1H3,(H2,25,27,28)(H2,26,32,33). The second-order valence-electron chi connectivity index (χ2n) is 9.82. The number of piperazine rings is 1. The molecule has 182 valence electrons. The first-order valence-electron chi connectivity index (χ1n) is 11.9. The maximum absolute atomic E-state index is 11.4. The predicted molar refractivity (Wildman–Crippen MR) is 135 cm³/mol. The number of anilines is 1. The van der Waals surface area contributed by atoms with Gasteiger partial charge in [-0.2, -0.15) is 0 Å². The second kappa shape index (κ2) is 9.26. The van der Waals surface area contributed by atoms with Gasteiger partial charge in [0.1, 0.15) is 17.8 Å². The Balaban J connectivity index is 1.37. The second-order valence-corrected chi connectivity index (χ2v) is 11.6. The van der Waals surface area contributed by atoms with Crippen molar-refractivity contribution in [2.45, 2.75) is 25.3 Å². The molecule has 0 amide bonds. The average molecular weight is 484 g/mol. The molecule has 1 saturated carbocycles. The summed E-state index contributed by atoms with van der Waals surface area (Å²) in [7, 11) is -1.32. The zero-order valence-corrected chi connectivity index (χ0v) is 20.4. The van der Waals surface area contributed by atoms with Crippen molar-refractivity contribution in [3.63, 3.8) is 0 Å². The highest BCUT2D eigenvalue weighted by atomic mass is 32.2. The Labute approximate surface area is 200 Å². The quantitative estimate of drug-likeness (QED) is 0.524. The monoisotopic (exact) mass is 483 g/mol. The number of nitrogen functional groups attached to an aromatic ring is 1. The molecular formula is C24H33N7O2S. The lowest BCUT2D eigenvalue weighted by molar-refractivity contribution is 0.0920. The van der Waals surface area contributed by atoms with Crippen LogP contribution < -0.4 is 10.9 Å². The molecule has 9 nitrogen and oxygen atoms in total. The Hall–Kier alpha value is -2.53. The van der Waals surface area contributed by atoms with Crippen molar-refractivity contribution < 1.29 is 8.42 Å². The molecule has 1 aliphatic carbocycles. The molecule has 1 saturated heterocycles.